The fourth-order valence-electron chi connectivity index (χ4n) is 3.99. The number of amides is 2. The predicted octanol–water partition coefficient (Wildman–Crippen LogP) is 4.06. The average Bonchev–Trinajstić information content (AvgIpc) is 2.88. The van der Waals surface area contributed by atoms with Gasteiger partial charge in [0.1, 0.15) is 24.0 Å². The molecule has 3 rings (SSSR count). The quantitative estimate of drug-likeness (QED) is 0.226. The number of nitrogens with two attached hydrogens (primary N) is 1. The van der Waals surface area contributed by atoms with Crippen molar-refractivity contribution in [3.05, 3.63) is 70.8 Å². The normalized spacial score (nSPS) is 13.3. The molecule has 0 fully saturated rings. The van der Waals surface area contributed by atoms with Crippen molar-refractivity contribution in [2.75, 3.05) is 13.1 Å². The van der Waals surface area contributed by atoms with Gasteiger partial charge < -0.3 is 30.3 Å². The van der Waals surface area contributed by atoms with Gasteiger partial charge in [0, 0.05) is 24.2 Å². The minimum absolute atomic E-state index is 0.0669. The molecule has 1 aliphatic heterocycles. The summed E-state index contributed by atoms with van der Waals surface area (Å²) in [5.74, 6) is 0.667. The lowest BCUT2D eigenvalue weighted by Crippen LogP contribution is -2.44. The number of nitrogens with one attached hydrogen (secondary N) is 1. The Balaban J connectivity index is 1.66. The summed E-state index contributed by atoms with van der Waals surface area (Å²) < 4.78 is 10.8. The number of rotatable bonds is 8. The predicted molar refractivity (Wildman–Crippen MR) is 148 cm³/mol. The Bertz CT molecular complexity index is 1320. The Labute approximate surface area is 229 Å². The van der Waals surface area contributed by atoms with Crippen LogP contribution >= 0.6 is 0 Å². The number of benzene rings is 2. The third-order valence-corrected chi connectivity index (χ3v) is 5.72. The molecule has 39 heavy (non-hydrogen) atoms. The number of fused-ring (bicyclic) bond motifs is 1. The van der Waals surface area contributed by atoms with Gasteiger partial charge in [-0.2, -0.15) is 5.26 Å². The topological polar surface area (TPSA) is 139 Å². The van der Waals surface area contributed by atoms with Crippen LogP contribution in [0.25, 0.3) is 5.76 Å². The highest BCUT2D eigenvalue weighted by Gasteiger charge is 2.24. The molecule has 10 nitrogen and oxygen atoms in total. The van der Waals surface area contributed by atoms with E-state index in [4.69, 9.17) is 20.0 Å². The van der Waals surface area contributed by atoms with E-state index in [0.717, 1.165) is 11.1 Å². The van der Waals surface area contributed by atoms with Crippen LogP contribution in [0.2, 0.25) is 0 Å². The van der Waals surface area contributed by atoms with Crippen LogP contribution in [-0.2, 0) is 27.3 Å². The van der Waals surface area contributed by atoms with Crippen LogP contribution in [-0.4, -0.2) is 47.5 Å². The summed E-state index contributed by atoms with van der Waals surface area (Å²) in [5, 5.41) is 16.1. The van der Waals surface area contributed by atoms with Gasteiger partial charge in [-0.05, 0) is 70.4 Å². The number of nitriles is 1. The molecule has 2 aromatic rings. The van der Waals surface area contributed by atoms with Gasteiger partial charge in [-0.3, -0.25) is 4.79 Å². The van der Waals surface area contributed by atoms with Crippen molar-refractivity contribution in [2.24, 2.45) is 10.9 Å². The highest BCUT2D eigenvalue weighted by atomic mass is 16.6. The highest BCUT2D eigenvalue weighted by molar-refractivity contribution is 5.99. The van der Waals surface area contributed by atoms with Crippen molar-refractivity contribution in [2.45, 2.75) is 59.3 Å². The van der Waals surface area contributed by atoms with Crippen LogP contribution in [0.4, 0.5) is 4.79 Å². The van der Waals surface area contributed by atoms with Crippen molar-refractivity contribution in [1.82, 2.24) is 10.2 Å². The molecule has 0 spiro atoms. The summed E-state index contributed by atoms with van der Waals surface area (Å²) in [6.45, 7) is 13.6. The molecular weight excluding hydrogens is 498 g/mol. The Morgan fingerprint density at radius 3 is 2.67 bits per heavy atom. The van der Waals surface area contributed by atoms with Crippen molar-refractivity contribution in [3.8, 4) is 11.8 Å². The molecule has 1 heterocycles. The van der Waals surface area contributed by atoms with Crippen LogP contribution in [0.5, 0.6) is 5.75 Å². The van der Waals surface area contributed by atoms with Crippen LogP contribution in [0.3, 0.4) is 0 Å². The molecule has 206 valence electrons. The van der Waals surface area contributed by atoms with Crippen molar-refractivity contribution < 1.29 is 23.9 Å². The number of amidine groups is 1. The van der Waals surface area contributed by atoms with E-state index in [1.807, 2.05) is 32.0 Å². The largest absolute Gasteiger partial charge is 0.490 e. The molecule has 2 amide bonds. The molecule has 1 aliphatic rings. The van der Waals surface area contributed by atoms with E-state index in [1.165, 1.54) is 0 Å². The zero-order chi connectivity index (χ0) is 28.7. The first-order valence-electron chi connectivity index (χ1n) is 12.6. The first kappa shape index (κ1) is 29.0. The van der Waals surface area contributed by atoms with Crippen molar-refractivity contribution in [1.29, 1.82) is 5.26 Å². The average molecular weight is 534 g/mol. The van der Waals surface area contributed by atoms with Gasteiger partial charge in [0.25, 0.3) is 0 Å². The number of oxime groups is 1. The zero-order valence-electron chi connectivity index (χ0n) is 23.0. The van der Waals surface area contributed by atoms with E-state index >= 15 is 0 Å². The number of hydrogen-bond donors (Lipinski definition) is 2. The van der Waals surface area contributed by atoms with Crippen LogP contribution in [0.1, 0.15) is 62.4 Å². The molecule has 0 saturated carbocycles. The van der Waals surface area contributed by atoms with Gasteiger partial charge >= 0.3 is 6.09 Å². The van der Waals surface area contributed by atoms with E-state index in [1.54, 1.807) is 43.9 Å². The minimum atomic E-state index is -0.641. The standard InChI is InChI=1S/C29H35N5O5/c1-18(2)37-25-11-10-20(14-22(25)15-30)19(3)39-33-27(31)24-9-7-8-21-17-34(13-12-23(21)24)26(35)16-32-28(36)38-29(4,5)6/h7-11,14,18H,3,12-13,16-17H2,1-2,4-6H3,(H2,31,33)(H,32,36). The number of carbonyl (C=O) groups is 2. The number of nitrogens with zero attached hydrogens (tertiary/aromatic N) is 3. The Morgan fingerprint density at radius 2 is 2.00 bits per heavy atom. The third kappa shape index (κ3) is 7.98. The molecule has 0 aliphatic carbocycles. The molecule has 10 heteroatoms. The first-order valence-corrected chi connectivity index (χ1v) is 12.6. The van der Waals surface area contributed by atoms with Crippen LogP contribution in [0, 0.1) is 11.3 Å². The van der Waals surface area contributed by atoms with Crippen LogP contribution < -0.4 is 15.8 Å². The Morgan fingerprint density at radius 1 is 1.26 bits per heavy atom. The second kappa shape index (κ2) is 12.3. The van der Waals surface area contributed by atoms with E-state index in [2.05, 4.69) is 23.1 Å². The Hall–Kier alpha value is -4.52. The summed E-state index contributed by atoms with van der Waals surface area (Å²) in [7, 11) is 0. The van der Waals surface area contributed by atoms with Crippen molar-refractivity contribution >= 4 is 23.6 Å². The molecular formula is C29H35N5O5. The summed E-state index contributed by atoms with van der Waals surface area (Å²) in [6.07, 6.45) is -0.142. The van der Waals surface area contributed by atoms with Gasteiger partial charge in [0.2, 0.25) is 5.91 Å². The third-order valence-electron chi connectivity index (χ3n) is 5.72. The number of ether oxygens (including phenoxy) is 2. The molecule has 0 saturated heterocycles. The Kier molecular flexibility index (Phi) is 9.20. The van der Waals surface area contributed by atoms with Gasteiger partial charge in [0.05, 0.1) is 11.7 Å². The second-order valence-electron chi connectivity index (χ2n) is 10.3. The maximum Gasteiger partial charge on any atom is 0.408 e. The second-order valence-corrected chi connectivity index (χ2v) is 10.3. The molecule has 0 bridgehead atoms. The van der Waals surface area contributed by atoms with E-state index in [9.17, 15) is 14.9 Å². The number of carbonyl (C=O) groups excluding carboxylic acids is 2. The van der Waals surface area contributed by atoms with E-state index < -0.39 is 11.7 Å². The zero-order valence-corrected chi connectivity index (χ0v) is 23.0. The fraction of sp³-hybridized carbons (Fsp3) is 0.379. The molecule has 0 unspecified atom stereocenters. The molecule has 0 radical (unpaired) electrons. The SMILES string of the molecule is C=C(O/N=C(\N)c1cccc2c1CCN(C(=O)CNC(=O)OC(C)(C)C)C2)c1ccc(OC(C)C)c(C#N)c1. The van der Waals surface area contributed by atoms with Gasteiger partial charge in [-0.25, -0.2) is 4.79 Å². The monoisotopic (exact) mass is 533 g/mol. The van der Waals surface area contributed by atoms with E-state index in [-0.39, 0.29) is 30.2 Å². The summed E-state index contributed by atoms with van der Waals surface area (Å²) >= 11 is 0. The fourth-order valence-corrected chi connectivity index (χ4v) is 3.99. The highest BCUT2D eigenvalue weighted by Crippen LogP contribution is 2.26. The molecule has 3 N–H and O–H groups in total. The number of alkyl carbamates (subject to hydrolysis) is 1. The molecule has 0 aromatic heterocycles. The lowest BCUT2D eigenvalue weighted by Gasteiger charge is -2.30. The molecule has 2 aromatic carbocycles. The number of hydrogen-bond acceptors (Lipinski definition) is 7. The van der Waals surface area contributed by atoms with E-state index in [0.29, 0.717) is 42.0 Å². The van der Waals surface area contributed by atoms with Gasteiger partial charge in [-0.1, -0.05) is 29.9 Å². The maximum atomic E-state index is 12.7. The summed E-state index contributed by atoms with van der Waals surface area (Å²) in [6, 6.07) is 12.8. The van der Waals surface area contributed by atoms with Gasteiger partial charge in [0.15, 0.2) is 11.6 Å². The minimum Gasteiger partial charge on any atom is -0.490 e. The first-order chi connectivity index (χ1) is 18.4. The van der Waals surface area contributed by atoms with Crippen molar-refractivity contribution in [3.63, 3.8) is 0 Å². The molecule has 0 atom stereocenters. The van der Waals surface area contributed by atoms with Crippen LogP contribution in [0.15, 0.2) is 48.1 Å². The van der Waals surface area contributed by atoms with Gasteiger partial charge in [-0.15, -0.1) is 0 Å². The smallest absolute Gasteiger partial charge is 0.408 e. The summed E-state index contributed by atoms with van der Waals surface area (Å²) in [4.78, 5) is 31.7. The lowest BCUT2D eigenvalue weighted by atomic mass is 9.94. The maximum absolute atomic E-state index is 12.7. The summed E-state index contributed by atoms with van der Waals surface area (Å²) in [5.41, 5.74) is 9.18. The lowest BCUT2D eigenvalue weighted by molar-refractivity contribution is -0.131.